The van der Waals surface area contributed by atoms with Crippen LogP contribution < -0.4 is 9.04 Å². The largest absolute Gasteiger partial charge is 0.497 e. The van der Waals surface area contributed by atoms with Crippen LogP contribution in [0, 0.1) is 12.7 Å². The zero-order chi connectivity index (χ0) is 15.9. The average Bonchev–Trinajstić information content (AvgIpc) is 2.90. The van der Waals surface area contributed by atoms with Crippen molar-refractivity contribution >= 4 is 15.7 Å². The lowest BCUT2D eigenvalue weighted by molar-refractivity contribution is 0.414. The summed E-state index contributed by atoms with van der Waals surface area (Å²) in [7, 11) is -2.13. The summed E-state index contributed by atoms with van der Waals surface area (Å²) in [6.07, 6.45) is 0.515. The summed E-state index contributed by atoms with van der Waals surface area (Å²) in [5.41, 5.74) is 1.89. The fourth-order valence-electron chi connectivity index (χ4n) is 2.75. The van der Waals surface area contributed by atoms with Gasteiger partial charge in [-0.3, -0.25) is 4.31 Å². The maximum Gasteiger partial charge on any atom is 0.264 e. The third-order valence-corrected chi connectivity index (χ3v) is 5.82. The van der Waals surface area contributed by atoms with Gasteiger partial charge in [0.05, 0.1) is 17.7 Å². The van der Waals surface area contributed by atoms with Crippen molar-refractivity contribution < 1.29 is 17.5 Å². The Morgan fingerprint density at radius 1 is 1.18 bits per heavy atom. The second kappa shape index (κ2) is 5.28. The number of anilines is 1. The average molecular weight is 321 g/mol. The van der Waals surface area contributed by atoms with Crippen molar-refractivity contribution in [2.45, 2.75) is 18.2 Å². The number of ether oxygens (including phenoxy) is 1. The van der Waals surface area contributed by atoms with Gasteiger partial charge in [0.15, 0.2) is 0 Å². The molecule has 2 aromatic rings. The molecule has 22 heavy (non-hydrogen) atoms. The van der Waals surface area contributed by atoms with Crippen molar-refractivity contribution in [3.63, 3.8) is 0 Å². The Morgan fingerprint density at radius 2 is 1.95 bits per heavy atom. The number of halogens is 1. The molecule has 0 bridgehead atoms. The minimum absolute atomic E-state index is 0.241. The molecule has 1 aliphatic heterocycles. The number of fused-ring (bicyclic) bond motifs is 1. The SMILES string of the molecule is COc1ccc(S(=O)(=O)N2CCc3cc(F)ccc32)c(C)c1. The molecule has 0 saturated carbocycles. The Balaban J connectivity index is 2.06. The van der Waals surface area contributed by atoms with Crippen LogP contribution in [-0.4, -0.2) is 22.1 Å². The van der Waals surface area contributed by atoms with Gasteiger partial charge in [0.1, 0.15) is 11.6 Å². The first-order chi connectivity index (χ1) is 10.4. The fourth-order valence-corrected chi connectivity index (χ4v) is 4.46. The van der Waals surface area contributed by atoms with Crippen LogP contribution in [-0.2, 0) is 16.4 Å². The molecule has 0 amide bonds. The second-order valence-electron chi connectivity index (χ2n) is 5.23. The van der Waals surface area contributed by atoms with Crippen molar-refractivity contribution in [1.82, 2.24) is 0 Å². The fraction of sp³-hybridized carbons (Fsp3) is 0.250. The van der Waals surface area contributed by atoms with Crippen LogP contribution in [0.25, 0.3) is 0 Å². The number of rotatable bonds is 3. The molecule has 6 heteroatoms. The van der Waals surface area contributed by atoms with E-state index in [0.717, 1.165) is 5.56 Å². The van der Waals surface area contributed by atoms with E-state index in [4.69, 9.17) is 4.74 Å². The predicted molar refractivity (Wildman–Crippen MR) is 82.4 cm³/mol. The number of hydrogen-bond acceptors (Lipinski definition) is 3. The first-order valence-corrected chi connectivity index (χ1v) is 8.33. The molecule has 0 atom stereocenters. The highest BCUT2D eigenvalue weighted by atomic mass is 32.2. The minimum atomic E-state index is -3.67. The van der Waals surface area contributed by atoms with Gasteiger partial charge in [0.2, 0.25) is 0 Å². The molecular formula is C16H16FNO3S. The summed E-state index contributed by atoms with van der Waals surface area (Å²) >= 11 is 0. The molecule has 3 rings (SSSR count). The number of hydrogen-bond donors (Lipinski definition) is 0. The van der Waals surface area contributed by atoms with Gasteiger partial charge in [-0.2, -0.15) is 0 Å². The third kappa shape index (κ3) is 2.33. The van der Waals surface area contributed by atoms with E-state index in [-0.39, 0.29) is 10.7 Å². The summed E-state index contributed by atoms with van der Waals surface area (Å²) in [5.74, 6) is 0.263. The third-order valence-electron chi connectivity index (χ3n) is 3.84. The summed E-state index contributed by atoms with van der Waals surface area (Å²) < 4.78 is 45.5. The highest BCUT2D eigenvalue weighted by Crippen LogP contribution is 2.34. The van der Waals surface area contributed by atoms with Crippen LogP contribution in [0.4, 0.5) is 10.1 Å². The summed E-state index contributed by atoms with van der Waals surface area (Å²) in [5, 5.41) is 0. The van der Waals surface area contributed by atoms with Crippen LogP contribution in [0.15, 0.2) is 41.3 Å². The zero-order valence-electron chi connectivity index (χ0n) is 12.3. The van der Waals surface area contributed by atoms with E-state index in [1.54, 1.807) is 25.1 Å². The van der Waals surface area contributed by atoms with Gasteiger partial charge in [-0.15, -0.1) is 0 Å². The first kappa shape index (κ1) is 14.8. The van der Waals surface area contributed by atoms with E-state index >= 15 is 0 Å². The Bertz CT molecular complexity index is 833. The molecular weight excluding hydrogens is 305 g/mol. The lowest BCUT2D eigenvalue weighted by atomic mass is 10.2. The van der Waals surface area contributed by atoms with Gasteiger partial charge < -0.3 is 4.74 Å². The first-order valence-electron chi connectivity index (χ1n) is 6.89. The zero-order valence-corrected chi connectivity index (χ0v) is 13.2. The Hall–Kier alpha value is -2.08. The summed E-state index contributed by atoms with van der Waals surface area (Å²) in [4.78, 5) is 0.241. The lowest BCUT2D eigenvalue weighted by Gasteiger charge is -2.21. The van der Waals surface area contributed by atoms with Crippen LogP contribution in [0.5, 0.6) is 5.75 Å². The van der Waals surface area contributed by atoms with E-state index in [1.807, 2.05) is 0 Å². The highest BCUT2D eigenvalue weighted by Gasteiger charge is 2.32. The van der Waals surface area contributed by atoms with Crippen LogP contribution >= 0.6 is 0 Å². The molecule has 0 saturated heterocycles. The van der Waals surface area contributed by atoms with E-state index < -0.39 is 10.0 Å². The molecule has 0 unspecified atom stereocenters. The van der Waals surface area contributed by atoms with Gasteiger partial charge in [-0.25, -0.2) is 12.8 Å². The van der Waals surface area contributed by atoms with Gasteiger partial charge in [-0.1, -0.05) is 0 Å². The Labute approximate surface area is 129 Å². The molecule has 0 aromatic heterocycles. The molecule has 0 N–H and O–H groups in total. The van der Waals surface area contributed by atoms with Gasteiger partial charge >= 0.3 is 0 Å². The highest BCUT2D eigenvalue weighted by molar-refractivity contribution is 7.93. The molecule has 4 nitrogen and oxygen atoms in total. The summed E-state index contributed by atoms with van der Waals surface area (Å²) in [6, 6.07) is 9.06. The number of nitrogens with zero attached hydrogens (tertiary/aromatic N) is 1. The number of methoxy groups -OCH3 is 1. The molecule has 0 radical (unpaired) electrons. The molecule has 1 heterocycles. The number of sulfonamides is 1. The summed E-state index contributed by atoms with van der Waals surface area (Å²) in [6.45, 7) is 2.06. The second-order valence-corrected chi connectivity index (χ2v) is 7.06. The van der Waals surface area contributed by atoms with Crippen molar-refractivity contribution in [3.05, 3.63) is 53.3 Å². The van der Waals surface area contributed by atoms with Gasteiger partial charge in [0, 0.05) is 6.54 Å². The van der Waals surface area contributed by atoms with E-state index in [0.29, 0.717) is 30.0 Å². The molecule has 0 aliphatic carbocycles. The smallest absolute Gasteiger partial charge is 0.264 e. The van der Waals surface area contributed by atoms with Crippen LogP contribution in [0.1, 0.15) is 11.1 Å². The van der Waals surface area contributed by atoms with Crippen LogP contribution in [0.2, 0.25) is 0 Å². The minimum Gasteiger partial charge on any atom is -0.497 e. The molecule has 2 aromatic carbocycles. The molecule has 116 valence electrons. The standard InChI is InChI=1S/C16H16FNO3S/c1-11-9-14(21-2)4-6-16(11)22(19,20)18-8-7-12-10-13(17)3-5-15(12)18/h3-6,9-10H,7-8H2,1-2H3. The topological polar surface area (TPSA) is 46.6 Å². The Kier molecular flexibility index (Phi) is 3.56. The van der Waals surface area contributed by atoms with Crippen molar-refractivity contribution in [3.8, 4) is 5.75 Å². The normalized spacial score (nSPS) is 14.0. The molecule has 1 aliphatic rings. The lowest BCUT2D eigenvalue weighted by Crippen LogP contribution is -2.29. The molecule has 0 fully saturated rings. The van der Waals surface area contributed by atoms with Crippen molar-refractivity contribution in [2.75, 3.05) is 18.0 Å². The van der Waals surface area contributed by atoms with Crippen LogP contribution in [0.3, 0.4) is 0 Å². The maximum atomic E-state index is 13.3. The van der Waals surface area contributed by atoms with E-state index in [9.17, 15) is 12.8 Å². The van der Waals surface area contributed by atoms with Crippen molar-refractivity contribution in [1.29, 1.82) is 0 Å². The quantitative estimate of drug-likeness (QED) is 0.873. The number of aryl methyl sites for hydroxylation is 1. The Morgan fingerprint density at radius 3 is 2.64 bits per heavy atom. The predicted octanol–water partition coefficient (Wildman–Crippen LogP) is 2.89. The molecule has 0 spiro atoms. The van der Waals surface area contributed by atoms with Crippen molar-refractivity contribution in [2.24, 2.45) is 0 Å². The van der Waals surface area contributed by atoms with Gasteiger partial charge in [-0.05, 0) is 60.9 Å². The van der Waals surface area contributed by atoms with Gasteiger partial charge in [0.25, 0.3) is 10.0 Å². The van der Waals surface area contributed by atoms with E-state index in [1.165, 1.54) is 29.6 Å². The number of benzene rings is 2. The maximum absolute atomic E-state index is 13.3. The monoisotopic (exact) mass is 321 g/mol. The van der Waals surface area contributed by atoms with E-state index in [2.05, 4.69) is 0 Å².